The van der Waals surface area contributed by atoms with Crippen molar-refractivity contribution in [1.29, 1.82) is 0 Å². The van der Waals surface area contributed by atoms with E-state index in [-0.39, 0.29) is 5.69 Å². The number of hydrogen-bond acceptors (Lipinski definition) is 6. The van der Waals surface area contributed by atoms with Crippen molar-refractivity contribution in [2.75, 3.05) is 7.11 Å². The summed E-state index contributed by atoms with van der Waals surface area (Å²) in [6.07, 6.45) is 3.36. The molecule has 0 amide bonds. The van der Waals surface area contributed by atoms with E-state index >= 15 is 0 Å². The first-order valence-electron chi connectivity index (χ1n) is 8.10. The number of para-hydroxylation sites is 1. The van der Waals surface area contributed by atoms with Crippen molar-refractivity contribution in [3.63, 3.8) is 0 Å². The van der Waals surface area contributed by atoms with Crippen molar-refractivity contribution in [3.05, 3.63) is 68.6 Å². The van der Waals surface area contributed by atoms with Gasteiger partial charge in [-0.2, -0.15) is 0 Å². The van der Waals surface area contributed by atoms with E-state index < -0.39 is 4.92 Å². The van der Waals surface area contributed by atoms with Gasteiger partial charge in [-0.15, -0.1) is 0 Å². The third-order valence-electron chi connectivity index (χ3n) is 4.32. The molecule has 0 aliphatic heterocycles. The fourth-order valence-electron chi connectivity index (χ4n) is 3.05. The Balaban J connectivity index is 1.67. The highest BCUT2D eigenvalue weighted by atomic mass is 32.1. The monoisotopic (exact) mass is 365 g/mol. The van der Waals surface area contributed by atoms with E-state index in [0.29, 0.717) is 10.7 Å². The van der Waals surface area contributed by atoms with Crippen molar-refractivity contribution >= 4 is 28.4 Å². The average molecular weight is 365 g/mol. The molecule has 0 atom stereocenters. The number of aliphatic imine (C=N–C) groups is 1. The Morgan fingerprint density at radius 2 is 2.12 bits per heavy atom. The molecule has 0 fully saturated rings. The Morgan fingerprint density at radius 1 is 1.27 bits per heavy atom. The lowest BCUT2D eigenvalue weighted by molar-refractivity contribution is -0.385. The van der Waals surface area contributed by atoms with E-state index in [4.69, 9.17) is 4.74 Å². The van der Waals surface area contributed by atoms with E-state index in [1.54, 1.807) is 25.3 Å². The zero-order chi connectivity index (χ0) is 18.1. The van der Waals surface area contributed by atoms with Gasteiger partial charge in [0.1, 0.15) is 5.75 Å². The molecule has 0 saturated carbocycles. The molecule has 0 bridgehead atoms. The Morgan fingerprint density at radius 3 is 2.92 bits per heavy atom. The van der Waals surface area contributed by atoms with Crippen LogP contribution in [-0.2, 0) is 12.8 Å². The minimum atomic E-state index is -0.405. The molecule has 2 aromatic carbocycles. The van der Waals surface area contributed by atoms with Crippen LogP contribution in [0.15, 0.2) is 47.5 Å². The number of nitrogens with zero attached hydrogens (tertiary/aromatic N) is 3. The first-order valence-corrected chi connectivity index (χ1v) is 8.92. The lowest BCUT2D eigenvalue weighted by Gasteiger charge is -2.15. The minimum Gasteiger partial charge on any atom is -0.497 e. The zero-order valence-corrected chi connectivity index (χ0v) is 14.8. The van der Waals surface area contributed by atoms with Crippen LogP contribution >= 0.6 is 11.3 Å². The Bertz CT molecular complexity index is 1030. The molecule has 1 heterocycles. The second-order valence-electron chi connectivity index (χ2n) is 5.87. The number of aromatic nitrogens is 1. The molecular weight excluding hydrogens is 350 g/mol. The van der Waals surface area contributed by atoms with Gasteiger partial charge in [-0.25, -0.2) is 9.98 Å². The molecule has 0 N–H and O–H groups in total. The maximum atomic E-state index is 11.1. The molecule has 26 heavy (non-hydrogen) atoms. The molecule has 4 rings (SSSR count). The number of rotatable bonds is 4. The van der Waals surface area contributed by atoms with Gasteiger partial charge in [-0.3, -0.25) is 10.1 Å². The van der Waals surface area contributed by atoms with Crippen molar-refractivity contribution in [2.45, 2.75) is 12.8 Å². The number of ether oxygens (including phenoxy) is 1. The summed E-state index contributed by atoms with van der Waals surface area (Å²) in [5.41, 5.74) is 3.78. The molecule has 6 nitrogen and oxygen atoms in total. The Labute approximate surface area is 154 Å². The van der Waals surface area contributed by atoms with Gasteiger partial charge in [0.15, 0.2) is 0 Å². The summed E-state index contributed by atoms with van der Waals surface area (Å²) < 4.78 is 5.30. The van der Waals surface area contributed by atoms with Crippen LogP contribution in [0.1, 0.15) is 16.0 Å². The first-order chi connectivity index (χ1) is 12.7. The minimum absolute atomic E-state index is 0.0370. The lowest BCUT2D eigenvalue weighted by atomic mass is 9.93. The smallest absolute Gasteiger partial charge is 0.278 e. The molecule has 3 aromatic rings. The number of fused-ring (bicyclic) bond motifs is 3. The predicted molar refractivity (Wildman–Crippen MR) is 102 cm³/mol. The number of nitro benzene ring substituents is 1. The standard InChI is InChI=1S/C19H15N3O3S/c1-25-14-7-8-15-12(10-14)6-9-17-18(15)21-19(26-17)20-11-13-4-2-3-5-16(13)22(23)24/h2-5,7-8,10-11H,6,9H2,1H3. The summed E-state index contributed by atoms with van der Waals surface area (Å²) in [6.45, 7) is 0. The maximum absolute atomic E-state index is 11.1. The summed E-state index contributed by atoms with van der Waals surface area (Å²) >= 11 is 1.53. The molecule has 130 valence electrons. The van der Waals surface area contributed by atoms with E-state index in [1.807, 2.05) is 18.2 Å². The van der Waals surface area contributed by atoms with Crippen molar-refractivity contribution in [3.8, 4) is 17.0 Å². The fourth-order valence-corrected chi connectivity index (χ4v) is 3.96. The van der Waals surface area contributed by atoms with Crippen LogP contribution in [0.25, 0.3) is 11.3 Å². The average Bonchev–Trinajstić information content (AvgIpc) is 3.09. The Hall–Kier alpha value is -3.06. The Kier molecular flexibility index (Phi) is 4.22. The molecule has 7 heteroatoms. The highest BCUT2D eigenvalue weighted by molar-refractivity contribution is 7.15. The third kappa shape index (κ3) is 2.97. The molecule has 0 saturated heterocycles. The van der Waals surface area contributed by atoms with Crippen LogP contribution < -0.4 is 4.74 Å². The number of methoxy groups -OCH3 is 1. The van der Waals surface area contributed by atoms with E-state index in [0.717, 1.165) is 29.8 Å². The number of aryl methyl sites for hydroxylation is 2. The summed E-state index contributed by atoms with van der Waals surface area (Å²) in [4.78, 5) is 20.9. The van der Waals surface area contributed by atoms with Crippen LogP contribution in [0.4, 0.5) is 10.8 Å². The predicted octanol–water partition coefficient (Wildman–Crippen LogP) is 4.58. The van der Waals surface area contributed by atoms with Crippen molar-refractivity contribution in [1.82, 2.24) is 4.98 Å². The van der Waals surface area contributed by atoms with Crippen LogP contribution in [-0.4, -0.2) is 23.2 Å². The SMILES string of the molecule is COc1ccc2c(c1)CCc1sc(N=Cc3ccccc3[N+](=O)[O-])nc1-2. The van der Waals surface area contributed by atoms with E-state index in [1.165, 1.54) is 34.1 Å². The highest BCUT2D eigenvalue weighted by Crippen LogP contribution is 2.40. The van der Waals surface area contributed by atoms with Crippen molar-refractivity contribution < 1.29 is 9.66 Å². The van der Waals surface area contributed by atoms with Gasteiger partial charge in [0.25, 0.3) is 5.69 Å². The largest absolute Gasteiger partial charge is 0.497 e. The van der Waals surface area contributed by atoms with Crippen LogP contribution in [0.2, 0.25) is 0 Å². The van der Waals surface area contributed by atoms with Crippen LogP contribution in [0.5, 0.6) is 5.75 Å². The maximum Gasteiger partial charge on any atom is 0.278 e. The number of nitro groups is 1. The molecule has 0 unspecified atom stereocenters. The number of hydrogen-bond donors (Lipinski definition) is 0. The molecule has 1 aliphatic rings. The van der Waals surface area contributed by atoms with Gasteiger partial charge in [0.2, 0.25) is 5.13 Å². The molecule has 1 aromatic heterocycles. The van der Waals surface area contributed by atoms with E-state index in [9.17, 15) is 10.1 Å². The zero-order valence-electron chi connectivity index (χ0n) is 14.0. The normalized spacial score (nSPS) is 12.7. The van der Waals surface area contributed by atoms with Gasteiger partial charge in [-0.05, 0) is 42.7 Å². The lowest BCUT2D eigenvalue weighted by Crippen LogP contribution is -2.02. The third-order valence-corrected chi connectivity index (χ3v) is 5.35. The summed E-state index contributed by atoms with van der Waals surface area (Å²) in [7, 11) is 1.66. The van der Waals surface area contributed by atoms with Gasteiger partial charge in [0, 0.05) is 22.7 Å². The van der Waals surface area contributed by atoms with Crippen molar-refractivity contribution in [2.24, 2.45) is 4.99 Å². The first kappa shape index (κ1) is 16.4. The molecule has 0 radical (unpaired) electrons. The van der Waals surface area contributed by atoms with Gasteiger partial charge >= 0.3 is 0 Å². The molecule has 0 spiro atoms. The summed E-state index contributed by atoms with van der Waals surface area (Å²) in [6, 6.07) is 12.6. The van der Waals surface area contributed by atoms with E-state index in [2.05, 4.69) is 9.98 Å². The van der Waals surface area contributed by atoms with Gasteiger partial charge < -0.3 is 4.74 Å². The van der Waals surface area contributed by atoms with Crippen LogP contribution in [0.3, 0.4) is 0 Å². The molecule has 1 aliphatic carbocycles. The quantitative estimate of drug-likeness (QED) is 0.385. The fraction of sp³-hybridized carbons (Fsp3) is 0.158. The second kappa shape index (κ2) is 6.68. The molecular formula is C19H15N3O3S. The second-order valence-corrected chi connectivity index (χ2v) is 6.93. The number of thiazole rings is 1. The number of benzene rings is 2. The van der Waals surface area contributed by atoms with Gasteiger partial charge in [-0.1, -0.05) is 23.5 Å². The van der Waals surface area contributed by atoms with Crippen LogP contribution in [0, 0.1) is 10.1 Å². The summed E-state index contributed by atoms with van der Waals surface area (Å²) in [5.74, 6) is 0.845. The topological polar surface area (TPSA) is 77.6 Å². The summed E-state index contributed by atoms with van der Waals surface area (Å²) in [5, 5.41) is 11.7. The van der Waals surface area contributed by atoms with Gasteiger partial charge in [0.05, 0.1) is 23.3 Å². The highest BCUT2D eigenvalue weighted by Gasteiger charge is 2.21.